The number of methoxy groups -OCH3 is 1. The van der Waals surface area contributed by atoms with E-state index in [-0.39, 0.29) is 18.0 Å². The first-order valence-electron chi connectivity index (χ1n) is 7.30. The van der Waals surface area contributed by atoms with Crippen LogP contribution in [-0.2, 0) is 11.3 Å². The summed E-state index contributed by atoms with van der Waals surface area (Å²) in [6.45, 7) is 2.98. The maximum atomic E-state index is 11.0. The van der Waals surface area contributed by atoms with Gasteiger partial charge in [-0.15, -0.1) is 0 Å². The number of aromatic carboxylic acids is 2. The van der Waals surface area contributed by atoms with Crippen LogP contribution in [0, 0.1) is 13.8 Å². The molecular weight excluding hydrogens is 344 g/mol. The molecule has 0 aromatic carbocycles. The number of aliphatic hydroxyl groups is 1. The van der Waals surface area contributed by atoms with Gasteiger partial charge in [-0.3, -0.25) is 4.98 Å². The summed E-state index contributed by atoms with van der Waals surface area (Å²) in [5.74, 6) is -2.92. The van der Waals surface area contributed by atoms with Crippen molar-refractivity contribution in [3.8, 4) is 0 Å². The Labute approximate surface area is 148 Å². The molecule has 138 valence electrons. The summed E-state index contributed by atoms with van der Waals surface area (Å²) in [4.78, 5) is 39.6. The van der Waals surface area contributed by atoms with Crippen molar-refractivity contribution in [3.05, 3.63) is 58.2 Å². The summed E-state index contributed by atoms with van der Waals surface area (Å²) in [7, 11) is 1.29. The molecule has 0 bridgehead atoms. The van der Waals surface area contributed by atoms with Crippen LogP contribution in [-0.4, -0.2) is 50.3 Å². The lowest BCUT2D eigenvalue weighted by atomic mass is 10.1. The number of pyridine rings is 2. The van der Waals surface area contributed by atoms with Gasteiger partial charge in [0, 0.05) is 6.20 Å². The SMILES string of the molecule is COC(=O)c1cccnc1CO.Cc1cc(C(=O)O)nc(C(=O)O)c1C. The minimum atomic E-state index is -1.23. The second kappa shape index (κ2) is 9.23. The van der Waals surface area contributed by atoms with Crippen molar-refractivity contribution >= 4 is 17.9 Å². The quantitative estimate of drug-likeness (QED) is 0.687. The van der Waals surface area contributed by atoms with E-state index in [1.165, 1.54) is 19.4 Å². The molecule has 0 fully saturated rings. The average Bonchev–Trinajstić information content (AvgIpc) is 2.63. The zero-order valence-corrected chi connectivity index (χ0v) is 14.4. The first kappa shape index (κ1) is 20.7. The third kappa shape index (κ3) is 5.08. The molecule has 9 heteroatoms. The highest BCUT2D eigenvalue weighted by atomic mass is 16.5. The number of aromatic nitrogens is 2. The Morgan fingerprint density at radius 2 is 1.81 bits per heavy atom. The molecule has 0 spiro atoms. The first-order chi connectivity index (χ1) is 12.2. The van der Waals surface area contributed by atoms with E-state index in [9.17, 15) is 14.4 Å². The van der Waals surface area contributed by atoms with E-state index >= 15 is 0 Å². The molecule has 0 atom stereocenters. The third-order valence-electron chi connectivity index (χ3n) is 3.40. The Morgan fingerprint density at radius 1 is 1.15 bits per heavy atom. The molecule has 0 saturated heterocycles. The van der Waals surface area contributed by atoms with Crippen molar-refractivity contribution in [1.82, 2.24) is 9.97 Å². The molecule has 2 heterocycles. The zero-order chi connectivity index (χ0) is 19.9. The van der Waals surface area contributed by atoms with Crippen LogP contribution < -0.4 is 0 Å². The molecule has 0 amide bonds. The highest BCUT2D eigenvalue weighted by molar-refractivity contribution is 5.91. The number of nitrogens with zero attached hydrogens (tertiary/aromatic N) is 2. The lowest BCUT2D eigenvalue weighted by molar-refractivity contribution is 0.0594. The number of rotatable bonds is 4. The molecule has 26 heavy (non-hydrogen) atoms. The van der Waals surface area contributed by atoms with Crippen LogP contribution in [0.15, 0.2) is 24.4 Å². The Hall–Kier alpha value is -3.33. The monoisotopic (exact) mass is 362 g/mol. The van der Waals surface area contributed by atoms with Gasteiger partial charge in [-0.25, -0.2) is 19.4 Å². The Bertz CT molecular complexity index is 834. The molecule has 0 aliphatic carbocycles. The Balaban J connectivity index is 0.000000263. The van der Waals surface area contributed by atoms with Crippen LogP contribution in [0.25, 0.3) is 0 Å². The largest absolute Gasteiger partial charge is 0.477 e. The van der Waals surface area contributed by atoms with Gasteiger partial charge in [0.25, 0.3) is 0 Å². The molecule has 0 aliphatic rings. The van der Waals surface area contributed by atoms with Gasteiger partial charge in [0.15, 0.2) is 5.69 Å². The van der Waals surface area contributed by atoms with Crippen molar-refractivity contribution in [1.29, 1.82) is 0 Å². The first-order valence-corrected chi connectivity index (χ1v) is 7.30. The van der Waals surface area contributed by atoms with Gasteiger partial charge in [0.1, 0.15) is 5.69 Å². The van der Waals surface area contributed by atoms with Gasteiger partial charge < -0.3 is 20.1 Å². The summed E-state index contributed by atoms with van der Waals surface area (Å²) < 4.78 is 4.49. The van der Waals surface area contributed by atoms with Crippen molar-refractivity contribution in [3.63, 3.8) is 0 Å². The third-order valence-corrected chi connectivity index (χ3v) is 3.40. The highest BCUT2D eigenvalue weighted by Gasteiger charge is 2.15. The Morgan fingerprint density at radius 3 is 2.31 bits per heavy atom. The van der Waals surface area contributed by atoms with E-state index in [0.29, 0.717) is 22.4 Å². The summed E-state index contributed by atoms with van der Waals surface area (Å²) in [5, 5.41) is 26.2. The van der Waals surface area contributed by atoms with E-state index < -0.39 is 17.9 Å². The van der Waals surface area contributed by atoms with Gasteiger partial charge in [-0.2, -0.15) is 0 Å². The maximum absolute atomic E-state index is 11.0. The average molecular weight is 362 g/mol. The highest BCUT2D eigenvalue weighted by Crippen LogP contribution is 2.12. The smallest absolute Gasteiger partial charge is 0.354 e. The number of esters is 1. The van der Waals surface area contributed by atoms with E-state index in [1.54, 1.807) is 26.0 Å². The van der Waals surface area contributed by atoms with Crippen LogP contribution in [0.1, 0.15) is 48.2 Å². The molecule has 0 radical (unpaired) electrons. The molecule has 2 aromatic heterocycles. The van der Waals surface area contributed by atoms with Crippen LogP contribution in [0.2, 0.25) is 0 Å². The van der Waals surface area contributed by atoms with E-state index in [0.717, 1.165) is 0 Å². The van der Waals surface area contributed by atoms with E-state index in [1.807, 2.05) is 0 Å². The maximum Gasteiger partial charge on any atom is 0.354 e. The van der Waals surface area contributed by atoms with Crippen LogP contribution in [0.4, 0.5) is 0 Å². The molecule has 0 unspecified atom stereocenters. The summed E-state index contributed by atoms with van der Waals surface area (Å²) in [6.07, 6.45) is 1.51. The minimum absolute atomic E-state index is 0.206. The second-order valence-corrected chi connectivity index (χ2v) is 5.06. The van der Waals surface area contributed by atoms with E-state index in [4.69, 9.17) is 15.3 Å². The molecule has 0 saturated carbocycles. The molecule has 2 aromatic rings. The van der Waals surface area contributed by atoms with Crippen LogP contribution in [0.5, 0.6) is 0 Å². The molecule has 2 rings (SSSR count). The lowest BCUT2D eigenvalue weighted by Gasteiger charge is -2.04. The summed E-state index contributed by atoms with van der Waals surface area (Å²) in [6, 6.07) is 4.53. The number of aryl methyl sites for hydroxylation is 1. The molecule has 9 nitrogen and oxygen atoms in total. The summed E-state index contributed by atoms with van der Waals surface area (Å²) in [5.41, 5.74) is 1.29. The predicted molar refractivity (Wildman–Crippen MR) is 89.1 cm³/mol. The molecule has 0 aliphatic heterocycles. The number of carboxylic acid groups (broad SMARTS) is 2. The molecule has 3 N–H and O–H groups in total. The van der Waals surface area contributed by atoms with Crippen molar-refractivity contribution in [2.24, 2.45) is 0 Å². The van der Waals surface area contributed by atoms with Crippen molar-refractivity contribution in [2.45, 2.75) is 20.5 Å². The molecular formula is C17H18N2O7. The fourth-order valence-electron chi connectivity index (χ4n) is 1.91. The minimum Gasteiger partial charge on any atom is -0.477 e. The number of ether oxygens (including phenoxy) is 1. The number of hydrogen-bond donors (Lipinski definition) is 3. The fourth-order valence-corrected chi connectivity index (χ4v) is 1.91. The van der Waals surface area contributed by atoms with E-state index in [2.05, 4.69) is 14.7 Å². The van der Waals surface area contributed by atoms with Gasteiger partial charge in [-0.05, 0) is 43.2 Å². The summed E-state index contributed by atoms with van der Waals surface area (Å²) >= 11 is 0. The standard InChI is InChI=1S/C9H9NO4.C8H9NO3/c1-4-3-6(8(11)12)10-7(5(4)2)9(13)14;1-12-8(11)6-3-2-4-9-7(6)5-10/h3H,1-2H3,(H,11,12)(H,13,14);2-4,10H,5H2,1H3. The number of carbonyl (C=O) groups excluding carboxylic acids is 1. The topological polar surface area (TPSA) is 147 Å². The second-order valence-electron chi connectivity index (χ2n) is 5.06. The Kier molecular flexibility index (Phi) is 7.35. The number of hydrogen-bond acceptors (Lipinski definition) is 7. The van der Waals surface area contributed by atoms with Crippen molar-refractivity contribution in [2.75, 3.05) is 7.11 Å². The van der Waals surface area contributed by atoms with Crippen LogP contribution >= 0.6 is 0 Å². The van der Waals surface area contributed by atoms with Gasteiger partial charge in [-0.1, -0.05) is 0 Å². The van der Waals surface area contributed by atoms with Crippen molar-refractivity contribution < 1.29 is 34.4 Å². The number of carboxylic acids is 2. The van der Waals surface area contributed by atoms with Gasteiger partial charge in [0.2, 0.25) is 0 Å². The normalized spacial score (nSPS) is 9.69. The van der Waals surface area contributed by atoms with Gasteiger partial charge in [0.05, 0.1) is 25.0 Å². The fraction of sp³-hybridized carbons (Fsp3) is 0.235. The number of carbonyl (C=O) groups is 3. The zero-order valence-electron chi connectivity index (χ0n) is 14.4. The van der Waals surface area contributed by atoms with Gasteiger partial charge >= 0.3 is 17.9 Å². The lowest BCUT2D eigenvalue weighted by Crippen LogP contribution is -2.10. The van der Waals surface area contributed by atoms with Crippen LogP contribution in [0.3, 0.4) is 0 Å². The predicted octanol–water partition coefficient (Wildman–Crippen LogP) is 1.46. The number of aliphatic hydroxyl groups excluding tert-OH is 1.